The quantitative estimate of drug-likeness (QED) is 0.141. The Balaban J connectivity index is 0.964. The third-order valence-electron chi connectivity index (χ3n) is 18.5. The maximum atomic E-state index is 2.63. The van der Waals surface area contributed by atoms with Crippen molar-refractivity contribution >= 4 is 101 Å². The molecule has 4 nitrogen and oxygen atoms in total. The molecule has 0 amide bonds. The van der Waals surface area contributed by atoms with Gasteiger partial charge in [0.2, 0.25) is 0 Å². The third-order valence-corrected chi connectivity index (χ3v) is 18.5. The zero-order chi connectivity index (χ0) is 57.9. The fourth-order valence-corrected chi connectivity index (χ4v) is 14.5. The summed E-state index contributed by atoms with van der Waals surface area (Å²) in [5.74, 6) is 0. The van der Waals surface area contributed by atoms with Gasteiger partial charge in [-0.3, -0.25) is 0 Å². The third kappa shape index (κ3) is 7.93. The van der Waals surface area contributed by atoms with E-state index in [2.05, 4.69) is 343 Å². The highest BCUT2D eigenvalue weighted by molar-refractivity contribution is 7.00. The van der Waals surface area contributed by atoms with Crippen LogP contribution in [0.2, 0.25) is 0 Å². The molecule has 17 rings (SSSR count). The Morgan fingerprint density at radius 2 is 0.563 bits per heavy atom. The van der Waals surface area contributed by atoms with Gasteiger partial charge in [-0.25, -0.2) is 0 Å². The molecule has 0 radical (unpaired) electrons. The highest BCUT2D eigenvalue weighted by Gasteiger charge is 2.45. The van der Waals surface area contributed by atoms with Crippen molar-refractivity contribution in [2.45, 2.75) is 26.2 Å². The molecular weight excluding hydrogens is 1050 g/mol. The molecule has 0 saturated heterocycles. The van der Waals surface area contributed by atoms with E-state index in [0.29, 0.717) is 0 Å². The predicted octanol–water partition coefficient (Wildman–Crippen LogP) is 19.9. The predicted molar refractivity (Wildman–Crippen MR) is 370 cm³/mol. The van der Waals surface area contributed by atoms with Gasteiger partial charge in [0.25, 0.3) is 6.71 Å². The molecule has 410 valence electrons. The van der Waals surface area contributed by atoms with Crippen molar-refractivity contribution < 1.29 is 0 Å². The van der Waals surface area contributed by atoms with E-state index < -0.39 is 0 Å². The number of aromatic nitrogens is 2. The monoisotopic (exact) mass is 1110 g/mol. The van der Waals surface area contributed by atoms with E-state index in [4.69, 9.17) is 0 Å². The van der Waals surface area contributed by atoms with Gasteiger partial charge in [0, 0.05) is 66.5 Å². The van der Waals surface area contributed by atoms with Crippen LogP contribution in [0.25, 0.3) is 99.5 Å². The number of rotatable bonds is 8. The first-order chi connectivity index (χ1) is 42.9. The summed E-state index contributed by atoms with van der Waals surface area (Å²) >= 11 is 0. The van der Waals surface area contributed by atoms with Crippen LogP contribution in [0.3, 0.4) is 0 Å². The second kappa shape index (κ2) is 19.9. The number of hydrogen-bond donors (Lipinski definition) is 0. The van der Waals surface area contributed by atoms with Gasteiger partial charge in [-0.05, 0) is 122 Å². The lowest BCUT2D eigenvalue weighted by Gasteiger charge is -2.46. The minimum Gasteiger partial charge on any atom is -0.311 e. The van der Waals surface area contributed by atoms with Gasteiger partial charge in [-0.1, -0.05) is 251 Å². The fourth-order valence-electron chi connectivity index (χ4n) is 14.5. The van der Waals surface area contributed by atoms with Gasteiger partial charge < -0.3 is 18.9 Å². The highest BCUT2D eigenvalue weighted by atomic mass is 15.2. The second-order valence-corrected chi connectivity index (χ2v) is 24.4. The molecule has 0 saturated carbocycles. The van der Waals surface area contributed by atoms with Crippen molar-refractivity contribution in [2.24, 2.45) is 0 Å². The van der Waals surface area contributed by atoms with Gasteiger partial charge in [0.15, 0.2) is 0 Å². The summed E-state index contributed by atoms with van der Waals surface area (Å²) in [6, 6.07) is 113. The molecule has 87 heavy (non-hydrogen) atoms. The normalized spacial score (nSPS) is 12.7. The topological polar surface area (TPSA) is 16.3 Å². The Morgan fingerprint density at radius 3 is 0.931 bits per heavy atom. The van der Waals surface area contributed by atoms with Crippen LogP contribution in [0.15, 0.2) is 303 Å². The minimum atomic E-state index is -0.238. The first kappa shape index (κ1) is 50.6. The number of fused-ring (bicyclic) bond motifs is 10. The number of hydrogen-bond acceptors (Lipinski definition) is 2. The molecule has 2 aliphatic rings. The number of anilines is 6. The number of nitrogens with zero attached hydrogens (tertiary/aromatic N) is 4. The summed E-state index contributed by atoms with van der Waals surface area (Å²) in [6.45, 7) is 6.95. The van der Waals surface area contributed by atoms with E-state index in [1.165, 1.54) is 99.2 Å². The summed E-state index contributed by atoms with van der Waals surface area (Å²) in [7, 11) is 0. The molecule has 13 aromatic carbocycles. The molecule has 0 fully saturated rings. The first-order valence-corrected chi connectivity index (χ1v) is 30.4. The van der Waals surface area contributed by atoms with E-state index in [9.17, 15) is 0 Å². The van der Waals surface area contributed by atoms with Crippen LogP contribution in [0, 0.1) is 0 Å². The van der Waals surface area contributed by atoms with Crippen molar-refractivity contribution in [3.05, 3.63) is 309 Å². The average Bonchev–Trinajstić information content (AvgIpc) is 1.61. The van der Waals surface area contributed by atoms with Gasteiger partial charge in [-0.15, -0.1) is 0 Å². The summed E-state index contributed by atoms with van der Waals surface area (Å²) in [5.41, 5.74) is 28.1. The summed E-state index contributed by atoms with van der Waals surface area (Å²) in [6.07, 6.45) is 0. The van der Waals surface area contributed by atoms with Gasteiger partial charge in [-0.2, -0.15) is 0 Å². The van der Waals surface area contributed by atoms with Crippen molar-refractivity contribution in [1.29, 1.82) is 0 Å². The Labute approximate surface area is 507 Å². The zero-order valence-electron chi connectivity index (χ0n) is 48.7. The van der Waals surface area contributed by atoms with Crippen molar-refractivity contribution in [3.8, 4) is 55.9 Å². The van der Waals surface area contributed by atoms with Crippen LogP contribution < -0.4 is 26.2 Å². The Kier molecular flexibility index (Phi) is 11.6. The highest BCUT2D eigenvalue weighted by Crippen LogP contribution is 2.52. The lowest BCUT2D eigenvalue weighted by molar-refractivity contribution is 0.590. The van der Waals surface area contributed by atoms with Crippen LogP contribution in [0.5, 0.6) is 0 Å². The molecule has 0 atom stereocenters. The van der Waals surface area contributed by atoms with Gasteiger partial charge in [0.1, 0.15) is 0 Å². The first-order valence-electron chi connectivity index (χ1n) is 30.4. The SMILES string of the molecule is CC(C)(C)c1cc2c3c(c1)N(c1ccccc1-c1ccccc1-n1c4ccccc4c4ccccc41)c1ccc(-c4ccccc4)cc1B3c1cc(-c3ccccc3)ccc1N2c1ccccc1-c1ccccc1-n1c2ccccc2c2ccccc21. The number of benzene rings is 13. The standard InChI is InChI=1S/C82H59BN4/c1-82(2,3)58-52-79-81-80(53-58)87(76-45-25-17-37-66(76)64-35-15-23-43-74(64)85-71-40-20-12-32-61(71)62-33-13-21-41-72(62)85)78-49-47-57(55-28-8-5-9-29-55)51-68(78)83(81)67-50-56(54-26-6-4-7-27-54)46-48-77(67)86(79)75-44-24-16-36-65(75)63-34-14-22-42-73(63)84-69-38-18-10-30-59(69)60-31-11-19-39-70(60)84/h4-53H,1-3H3. The lowest BCUT2D eigenvalue weighted by Crippen LogP contribution is -2.61. The van der Waals surface area contributed by atoms with Crippen molar-refractivity contribution in [2.75, 3.05) is 9.80 Å². The van der Waals surface area contributed by atoms with Crippen molar-refractivity contribution in [1.82, 2.24) is 9.13 Å². The van der Waals surface area contributed by atoms with Gasteiger partial charge >= 0.3 is 0 Å². The van der Waals surface area contributed by atoms with E-state index in [0.717, 1.165) is 56.4 Å². The Hall–Kier alpha value is -10.9. The lowest BCUT2D eigenvalue weighted by atomic mass is 9.33. The number of para-hydroxylation sites is 8. The molecule has 5 heteroatoms. The molecular formula is C82H59BN4. The molecule has 0 aliphatic carbocycles. The van der Waals surface area contributed by atoms with E-state index in [1.54, 1.807) is 0 Å². The maximum absolute atomic E-state index is 2.63. The van der Waals surface area contributed by atoms with E-state index in [-0.39, 0.29) is 12.1 Å². The summed E-state index contributed by atoms with van der Waals surface area (Å²) < 4.78 is 4.95. The van der Waals surface area contributed by atoms with Crippen LogP contribution in [-0.4, -0.2) is 15.8 Å². The molecule has 0 unspecified atom stereocenters. The van der Waals surface area contributed by atoms with E-state index >= 15 is 0 Å². The molecule has 0 spiro atoms. The maximum Gasteiger partial charge on any atom is 0.252 e. The Morgan fingerprint density at radius 1 is 0.253 bits per heavy atom. The zero-order valence-corrected chi connectivity index (χ0v) is 48.7. The average molecular weight is 1110 g/mol. The van der Waals surface area contributed by atoms with Crippen molar-refractivity contribution in [3.63, 3.8) is 0 Å². The van der Waals surface area contributed by atoms with Gasteiger partial charge in [0.05, 0.1) is 44.8 Å². The van der Waals surface area contributed by atoms with E-state index in [1.807, 2.05) is 0 Å². The molecule has 0 bridgehead atoms. The van der Waals surface area contributed by atoms with Crippen LogP contribution in [-0.2, 0) is 5.41 Å². The molecule has 2 aromatic heterocycles. The molecule has 2 aliphatic heterocycles. The largest absolute Gasteiger partial charge is 0.311 e. The second-order valence-electron chi connectivity index (χ2n) is 24.4. The molecule has 4 heterocycles. The minimum absolute atomic E-state index is 0.150. The molecule has 15 aromatic rings. The summed E-state index contributed by atoms with van der Waals surface area (Å²) in [4.78, 5) is 5.25. The van der Waals surface area contributed by atoms with Crippen LogP contribution in [0.4, 0.5) is 34.1 Å². The Bertz CT molecular complexity index is 4820. The van der Waals surface area contributed by atoms with Crippen LogP contribution in [0.1, 0.15) is 26.3 Å². The smallest absolute Gasteiger partial charge is 0.252 e. The summed E-state index contributed by atoms with van der Waals surface area (Å²) in [5, 5.41) is 4.96. The fraction of sp³-hybridized carbons (Fsp3) is 0.0488. The van der Waals surface area contributed by atoms with Crippen LogP contribution >= 0.6 is 0 Å². The molecule has 0 N–H and O–H groups in total.